The van der Waals surface area contributed by atoms with Crippen molar-refractivity contribution < 1.29 is 13.5 Å². The number of nitrogens with zero attached hydrogens (tertiary/aromatic N) is 6. The molecule has 11 nitrogen and oxygen atoms in total. The molecule has 4 aromatic heterocycles. The number of piperidine rings is 1. The molecule has 1 saturated carbocycles. The summed E-state index contributed by atoms with van der Waals surface area (Å²) in [7, 11) is -3.47. The van der Waals surface area contributed by atoms with Gasteiger partial charge in [0.05, 0.1) is 34.3 Å². The Morgan fingerprint density at radius 3 is 2.79 bits per heavy atom. The van der Waals surface area contributed by atoms with Crippen LogP contribution >= 0.6 is 11.3 Å². The van der Waals surface area contributed by atoms with Gasteiger partial charge < -0.3 is 15.7 Å². The van der Waals surface area contributed by atoms with E-state index in [9.17, 15) is 13.5 Å². The Kier molecular flexibility index (Phi) is 6.86. The third-order valence-corrected chi connectivity index (χ3v) is 9.38. The number of nitrogens with one attached hydrogen (secondary N) is 2. The summed E-state index contributed by atoms with van der Waals surface area (Å²) >= 11 is 1.55. The van der Waals surface area contributed by atoms with Gasteiger partial charge in [-0.2, -0.15) is 9.19 Å². The molecule has 2 aliphatic rings. The lowest BCUT2D eigenvalue weighted by molar-refractivity contribution is 0.116. The average molecular weight is 563 g/mol. The molecule has 2 fully saturated rings. The molecule has 2 unspecified atom stereocenters. The first-order chi connectivity index (χ1) is 18.8. The molecule has 2 atom stereocenters. The fraction of sp³-hybridized carbons (Fsp3) is 0.346. The van der Waals surface area contributed by atoms with Crippen molar-refractivity contribution in [3.05, 3.63) is 64.1 Å². The highest BCUT2D eigenvalue weighted by Crippen LogP contribution is 2.31. The first-order valence-electron chi connectivity index (χ1n) is 12.6. The van der Waals surface area contributed by atoms with Crippen molar-refractivity contribution in [3.8, 4) is 23.2 Å². The van der Waals surface area contributed by atoms with Gasteiger partial charge >= 0.3 is 0 Å². The molecule has 1 saturated heterocycles. The summed E-state index contributed by atoms with van der Waals surface area (Å²) in [6, 6.07) is 3.53. The summed E-state index contributed by atoms with van der Waals surface area (Å²) in [6.07, 6.45) is 8.39. The second kappa shape index (κ2) is 10.5. The zero-order valence-electron chi connectivity index (χ0n) is 21.1. The maximum atomic E-state index is 12.5. The molecule has 5 heterocycles. The van der Waals surface area contributed by atoms with E-state index in [1.54, 1.807) is 29.8 Å². The van der Waals surface area contributed by atoms with Gasteiger partial charge in [-0.3, -0.25) is 0 Å². The van der Waals surface area contributed by atoms with Gasteiger partial charge in [-0.05, 0) is 62.8 Å². The summed E-state index contributed by atoms with van der Waals surface area (Å²) < 4.78 is 26.0. The summed E-state index contributed by atoms with van der Waals surface area (Å²) in [5.41, 5.74) is 2.89. The Morgan fingerprint density at radius 1 is 1.15 bits per heavy atom. The van der Waals surface area contributed by atoms with E-state index in [-0.39, 0.29) is 11.3 Å². The van der Waals surface area contributed by atoms with Crippen LogP contribution in [0, 0.1) is 18.8 Å². The molecule has 6 rings (SSSR count). The number of pyridine rings is 1. The van der Waals surface area contributed by atoms with Crippen LogP contribution in [-0.2, 0) is 10.0 Å². The van der Waals surface area contributed by atoms with Gasteiger partial charge in [0.2, 0.25) is 0 Å². The number of anilines is 2. The summed E-state index contributed by atoms with van der Waals surface area (Å²) in [5.74, 6) is 7.71. The lowest BCUT2D eigenvalue weighted by atomic mass is 9.93. The Hall–Kier alpha value is -3.70. The third-order valence-electron chi connectivity index (χ3n) is 6.57. The van der Waals surface area contributed by atoms with Crippen molar-refractivity contribution >= 4 is 33.0 Å². The number of rotatable bonds is 6. The van der Waals surface area contributed by atoms with E-state index < -0.39 is 16.1 Å². The minimum Gasteiger partial charge on any atom is -0.393 e. The molecule has 0 aromatic carbocycles. The number of thiazole rings is 1. The Morgan fingerprint density at radius 2 is 2.03 bits per heavy atom. The fourth-order valence-corrected chi connectivity index (χ4v) is 6.42. The highest BCUT2D eigenvalue weighted by Gasteiger charge is 2.37. The predicted molar refractivity (Wildman–Crippen MR) is 147 cm³/mol. The normalized spacial score (nSPS) is 19.3. The number of aromatic nitrogens is 6. The molecule has 3 N–H and O–H groups in total. The van der Waals surface area contributed by atoms with Crippen LogP contribution in [0.15, 0.2) is 42.3 Å². The van der Waals surface area contributed by atoms with Crippen molar-refractivity contribution in [2.75, 3.05) is 11.9 Å². The molecule has 39 heavy (non-hydrogen) atoms. The van der Waals surface area contributed by atoms with E-state index in [0.29, 0.717) is 60.9 Å². The maximum absolute atomic E-state index is 12.5. The van der Waals surface area contributed by atoms with E-state index in [1.807, 2.05) is 18.4 Å². The van der Waals surface area contributed by atoms with Crippen molar-refractivity contribution in [2.24, 2.45) is 0 Å². The quantitative estimate of drug-likeness (QED) is 0.300. The van der Waals surface area contributed by atoms with Gasteiger partial charge in [-0.25, -0.2) is 28.4 Å². The van der Waals surface area contributed by atoms with E-state index >= 15 is 0 Å². The minimum absolute atomic E-state index is 0.0843. The fourth-order valence-electron chi connectivity index (χ4n) is 4.40. The predicted octanol–water partition coefficient (Wildman–Crippen LogP) is 2.77. The zero-order valence-corrected chi connectivity index (χ0v) is 22.7. The number of hydrogen-bond acceptors (Lipinski definition) is 11. The molecule has 1 aliphatic heterocycles. The van der Waals surface area contributed by atoms with Crippen LogP contribution in [-0.4, -0.2) is 60.5 Å². The van der Waals surface area contributed by atoms with E-state index in [0.717, 1.165) is 20.2 Å². The van der Waals surface area contributed by atoms with E-state index in [2.05, 4.69) is 47.5 Å². The van der Waals surface area contributed by atoms with E-state index in [1.165, 1.54) is 12.4 Å². The summed E-state index contributed by atoms with van der Waals surface area (Å²) in [6.45, 7) is 2.64. The zero-order chi connectivity index (χ0) is 27.0. The highest BCUT2D eigenvalue weighted by atomic mass is 32.2. The van der Waals surface area contributed by atoms with Gasteiger partial charge in [0.15, 0.2) is 5.82 Å². The van der Waals surface area contributed by atoms with Crippen LogP contribution in [0.25, 0.3) is 11.4 Å². The van der Waals surface area contributed by atoms with Crippen molar-refractivity contribution in [1.82, 2.24) is 34.4 Å². The lowest BCUT2D eigenvalue weighted by Crippen LogP contribution is -2.34. The second-order valence-electron chi connectivity index (χ2n) is 9.58. The second-order valence-corrected chi connectivity index (χ2v) is 12.7. The van der Waals surface area contributed by atoms with Crippen LogP contribution in [0.2, 0.25) is 0 Å². The monoisotopic (exact) mass is 562 g/mol. The summed E-state index contributed by atoms with van der Waals surface area (Å²) in [5, 5.41) is 23.5. The molecule has 13 heteroatoms. The number of aliphatic hydroxyl groups is 1. The van der Waals surface area contributed by atoms with Crippen LogP contribution in [0.4, 0.5) is 11.6 Å². The minimum atomic E-state index is -3.47. The highest BCUT2D eigenvalue weighted by molar-refractivity contribution is 7.90. The Bertz CT molecular complexity index is 1680. The molecule has 0 amide bonds. The van der Waals surface area contributed by atoms with Gasteiger partial charge in [0.25, 0.3) is 10.0 Å². The van der Waals surface area contributed by atoms with Gasteiger partial charge in [-0.15, -0.1) is 11.3 Å². The van der Waals surface area contributed by atoms with Crippen LogP contribution in [0.3, 0.4) is 0 Å². The lowest BCUT2D eigenvalue weighted by Gasteiger charge is -2.28. The first-order valence-corrected chi connectivity index (χ1v) is 15.0. The molecule has 200 valence electrons. The van der Waals surface area contributed by atoms with Crippen LogP contribution < -0.4 is 10.6 Å². The standard InChI is InChI=1S/C26H26N8O3S2/c1-16-31-19(15-38-16)3-2-17-12-29-25(11-22(17)23-10-20(35)6-8-27-23)32-24-7-9-28-26(33-24)18-13-30-34(14-18)39(36,37)21-4-5-21/h7,9,11-15,20-21,23,27,35H,4-6,8,10H2,1H3,(H,28,29,32,33). The van der Waals surface area contributed by atoms with E-state index in [4.69, 9.17) is 0 Å². The number of aliphatic hydroxyl groups excluding tert-OH is 1. The van der Waals surface area contributed by atoms with Gasteiger partial charge in [0.1, 0.15) is 17.3 Å². The SMILES string of the molecule is Cc1nc(C#Cc2cnc(Nc3ccnc(-c4cnn(S(=O)(=O)C5CC5)c4)n3)cc2C2CC(O)CCN2)cs1. The van der Waals surface area contributed by atoms with Crippen molar-refractivity contribution in [2.45, 2.75) is 50.0 Å². The maximum Gasteiger partial charge on any atom is 0.256 e. The van der Waals surface area contributed by atoms with Crippen molar-refractivity contribution in [3.63, 3.8) is 0 Å². The molecule has 1 aliphatic carbocycles. The van der Waals surface area contributed by atoms with Gasteiger partial charge in [-0.1, -0.05) is 5.92 Å². The van der Waals surface area contributed by atoms with Gasteiger partial charge in [0, 0.05) is 29.4 Å². The number of hydrogen-bond donors (Lipinski definition) is 3. The number of aryl methyl sites for hydroxylation is 1. The molecular formula is C26H26N8O3S2. The van der Waals surface area contributed by atoms with Crippen LogP contribution in [0.1, 0.15) is 53.6 Å². The molecule has 0 radical (unpaired) electrons. The average Bonchev–Trinajstić information content (AvgIpc) is 3.53. The molecule has 0 bridgehead atoms. The first kappa shape index (κ1) is 25.6. The molecular weight excluding hydrogens is 536 g/mol. The molecule has 4 aromatic rings. The Labute approximate surface area is 229 Å². The topological polar surface area (TPSA) is 148 Å². The Balaban J connectivity index is 1.27. The third kappa shape index (κ3) is 5.69. The molecule has 0 spiro atoms. The smallest absolute Gasteiger partial charge is 0.256 e. The largest absolute Gasteiger partial charge is 0.393 e. The summed E-state index contributed by atoms with van der Waals surface area (Å²) in [4.78, 5) is 17.8. The van der Waals surface area contributed by atoms with Crippen molar-refractivity contribution in [1.29, 1.82) is 0 Å². The van der Waals surface area contributed by atoms with Crippen LogP contribution in [0.5, 0.6) is 0 Å².